The van der Waals surface area contributed by atoms with Crippen LogP contribution < -0.4 is 5.32 Å². The van der Waals surface area contributed by atoms with Crippen molar-refractivity contribution in [3.05, 3.63) is 29.6 Å². The number of carboxylic acid groups (broad SMARTS) is 1. The van der Waals surface area contributed by atoms with Crippen LogP contribution >= 0.6 is 0 Å². The van der Waals surface area contributed by atoms with Gasteiger partial charge >= 0.3 is 12.1 Å². The lowest BCUT2D eigenvalue weighted by atomic mass is 9.73. The van der Waals surface area contributed by atoms with Gasteiger partial charge in [-0.15, -0.1) is 10.2 Å². The van der Waals surface area contributed by atoms with Crippen LogP contribution in [0, 0.1) is 5.41 Å². The number of hydrogen-bond acceptors (Lipinski definition) is 6. The maximum absolute atomic E-state index is 12.8. The highest BCUT2D eigenvalue weighted by molar-refractivity contribution is 5.91. The van der Waals surface area contributed by atoms with Crippen LogP contribution in [0.3, 0.4) is 0 Å². The van der Waals surface area contributed by atoms with Crippen LogP contribution in [-0.2, 0) is 31.4 Å². The molecule has 1 saturated carbocycles. The van der Waals surface area contributed by atoms with Gasteiger partial charge in [-0.25, -0.2) is 4.79 Å². The molecule has 36 heavy (non-hydrogen) atoms. The number of piperidine rings is 1. The fourth-order valence-electron chi connectivity index (χ4n) is 5.37. The van der Waals surface area contributed by atoms with Crippen LogP contribution in [-0.4, -0.2) is 71.7 Å². The Labute approximate surface area is 206 Å². The Bertz CT molecular complexity index is 1070. The standard InChI is InChI=1S/C21H31N7O.C2HF3O2/c1-26-13-16(12-22-26)14-27-10-8-21(9-11-27)7-6-18-24-25-19(28(18)15-21)20(29)23-17-4-2-3-5-17;3-2(4,5)1(6)7/h12-13,17H,2-11,14-15H2,1H3,(H,23,29);(H,6,7). The number of nitrogens with zero attached hydrogens (tertiary/aromatic N) is 6. The second kappa shape index (κ2) is 10.6. The van der Waals surface area contributed by atoms with E-state index in [4.69, 9.17) is 9.90 Å². The predicted molar refractivity (Wildman–Crippen MR) is 122 cm³/mol. The van der Waals surface area contributed by atoms with Crippen LogP contribution in [0.1, 0.15) is 67.0 Å². The molecule has 1 spiro atoms. The molecule has 0 unspecified atom stereocenters. The molecule has 2 aromatic rings. The lowest BCUT2D eigenvalue weighted by Gasteiger charge is -2.44. The molecular weight excluding hydrogens is 479 g/mol. The van der Waals surface area contributed by atoms with Gasteiger partial charge < -0.3 is 15.0 Å². The summed E-state index contributed by atoms with van der Waals surface area (Å²) in [7, 11) is 1.97. The molecule has 0 aromatic carbocycles. The topological polar surface area (TPSA) is 118 Å². The van der Waals surface area contributed by atoms with E-state index in [0.29, 0.717) is 11.9 Å². The normalized spacial score (nSPS) is 20.0. The molecule has 5 rings (SSSR count). The number of carboxylic acids is 1. The number of nitrogens with one attached hydrogen (secondary N) is 1. The van der Waals surface area contributed by atoms with Gasteiger partial charge in [0.15, 0.2) is 0 Å². The molecule has 0 bridgehead atoms. The first-order valence-corrected chi connectivity index (χ1v) is 12.3. The third-order valence-electron chi connectivity index (χ3n) is 7.42. The van der Waals surface area contributed by atoms with Gasteiger partial charge in [0.05, 0.1) is 6.20 Å². The summed E-state index contributed by atoms with van der Waals surface area (Å²) in [6.07, 6.45) is 7.97. The molecule has 198 valence electrons. The maximum atomic E-state index is 12.8. The van der Waals surface area contributed by atoms with Gasteiger partial charge in [0.2, 0.25) is 5.82 Å². The van der Waals surface area contributed by atoms with Crippen molar-refractivity contribution in [3.63, 3.8) is 0 Å². The lowest BCUT2D eigenvalue weighted by Crippen LogP contribution is -2.45. The third-order valence-corrected chi connectivity index (χ3v) is 7.42. The minimum absolute atomic E-state index is 0.0401. The second-order valence-corrected chi connectivity index (χ2v) is 10.1. The Morgan fingerprint density at radius 1 is 1.17 bits per heavy atom. The van der Waals surface area contributed by atoms with Gasteiger partial charge in [-0.1, -0.05) is 12.8 Å². The Hall–Kier alpha value is -2.96. The van der Waals surface area contributed by atoms with Crippen molar-refractivity contribution in [2.75, 3.05) is 13.1 Å². The SMILES string of the molecule is Cn1cc(CN2CCC3(CCc4nnc(C(=O)NC5CCCC5)n4C3)CC2)cn1.O=C(O)C(F)(F)F. The number of carbonyl (C=O) groups is 2. The van der Waals surface area contributed by atoms with E-state index < -0.39 is 12.1 Å². The van der Waals surface area contributed by atoms with Crippen molar-refractivity contribution in [2.45, 2.75) is 76.7 Å². The van der Waals surface area contributed by atoms with Crippen LogP contribution in [0.15, 0.2) is 12.4 Å². The van der Waals surface area contributed by atoms with E-state index >= 15 is 0 Å². The molecule has 3 aliphatic rings. The number of carbonyl (C=O) groups excluding carboxylic acids is 1. The quantitative estimate of drug-likeness (QED) is 0.648. The van der Waals surface area contributed by atoms with Gasteiger partial charge in [-0.3, -0.25) is 14.4 Å². The number of aryl methyl sites for hydroxylation is 2. The summed E-state index contributed by atoms with van der Waals surface area (Å²) in [5.74, 6) is -1.30. The number of amides is 1. The van der Waals surface area contributed by atoms with Gasteiger partial charge in [0.1, 0.15) is 5.82 Å². The highest BCUT2D eigenvalue weighted by Crippen LogP contribution is 2.41. The van der Waals surface area contributed by atoms with E-state index in [9.17, 15) is 18.0 Å². The molecule has 0 atom stereocenters. The number of hydrogen-bond donors (Lipinski definition) is 2. The first kappa shape index (κ1) is 26.1. The molecule has 2 N–H and O–H groups in total. The highest BCUT2D eigenvalue weighted by atomic mass is 19.4. The molecule has 1 saturated heterocycles. The molecular formula is C23H32F3N7O3. The average molecular weight is 512 g/mol. The zero-order chi connectivity index (χ0) is 25.9. The molecule has 1 amide bonds. The van der Waals surface area contributed by atoms with Crippen LogP contribution in [0.2, 0.25) is 0 Å². The third kappa shape index (κ3) is 6.23. The summed E-state index contributed by atoms with van der Waals surface area (Å²) >= 11 is 0. The van der Waals surface area contributed by atoms with Gasteiger partial charge in [-0.2, -0.15) is 18.3 Å². The van der Waals surface area contributed by atoms with Crippen LogP contribution in [0.25, 0.3) is 0 Å². The Morgan fingerprint density at radius 2 is 1.83 bits per heavy atom. The molecule has 4 heterocycles. The van der Waals surface area contributed by atoms with Gasteiger partial charge in [0.25, 0.3) is 5.91 Å². The summed E-state index contributed by atoms with van der Waals surface area (Å²) in [6.45, 7) is 4.03. The number of rotatable bonds is 4. The van der Waals surface area contributed by atoms with Crippen molar-refractivity contribution in [2.24, 2.45) is 12.5 Å². The minimum Gasteiger partial charge on any atom is -0.475 e. The molecule has 1 aliphatic carbocycles. The maximum Gasteiger partial charge on any atom is 0.490 e. The van der Waals surface area contributed by atoms with Gasteiger partial charge in [0, 0.05) is 44.4 Å². The van der Waals surface area contributed by atoms with E-state index in [2.05, 4.69) is 36.3 Å². The number of fused-ring (bicyclic) bond motifs is 1. The number of aliphatic carboxylic acids is 1. The molecule has 2 aromatic heterocycles. The van der Waals surface area contributed by atoms with E-state index in [0.717, 1.165) is 70.5 Å². The van der Waals surface area contributed by atoms with Crippen LogP contribution in [0.5, 0.6) is 0 Å². The summed E-state index contributed by atoms with van der Waals surface area (Å²) in [5, 5.41) is 23.2. The number of aromatic nitrogens is 5. The minimum atomic E-state index is -5.08. The zero-order valence-corrected chi connectivity index (χ0v) is 20.3. The number of halogens is 3. The zero-order valence-electron chi connectivity index (χ0n) is 20.3. The average Bonchev–Trinajstić information content (AvgIpc) is 3.57. The van der Waals surface area contributed by atoms with Crippen molar-refractivity contribution in [1.29, 1.82) is 0 Å². The van der Waals surface area contributed by atoms with Gasteiger partial charge in [-0.05, 0) is 50.6 Å². The van der Waals surface area contributed by atoms with Crippen molar-refractivity contribution < 1.29 is 27.9 Å². The molecule has 2 aliphatic heterocycles. The first-order valence-electron chi connectivity index (χ1n) is 12.3. The first-order chi connectivity index (χ1) is 17.0. The smallest absolute Gasteiger partial charge is 0.475 e. The molecule has 2 fully saturated rings. The fourth-order valence-corrected chi connectivity index (χ4v) is 5.37. The number of likely N-dealkylation sites (tertiary alicyclic amines) is 1. The molecule has 0 radical (unpaired) electrons. The lowest BCUT2D eigenvalue weighted by molar-refractivity contribution is -0.192. The largest absolute Gasteiger partial charge is 0.490 e. The Kier molecular flexibility index (Phi) is 7.67. The fraction of sp³-hybridized carbons (Fsp3) is 0.696. The second-order valence-electron chi connectivity index (χ2n) is 10.1. The molecule has 10 nitrogen and oxygen atoms in total. The van der Waals surface area contributed by atoms with Crippen LogP contribution in [0.4, 0.5) is 13.2 Å². The van der Waals surface area contributed by atoms with E-state index in [1.165, 1.54) is 18.4 Å². The predicted octanol–water partition coefficient (Wildman–Crippen LogP) is 2.55. The number of alkyl halides is 3. The van der Waals surface area contributed by atoms with E-state index in [1.54, 1.807) is 0 Å². The summed E-state index contributed by atoms with van der Waals surface area (Å²) in [4.78, 5) is 24.2. The highest BCUT2D eigenvalue weighted by Gasteiger charge is 2.40. The van der Waals surface area contributed by atoms with Crippen molar-refractivity contribution in [3.8, 4) is 0 Å². The summed E-state index contributed by atoms with van der Waals surface area (Å²) in [6, 6.07) is 0.309. The Balaban J connectivity index is 0.000000384. The van der Waals surface area contributed by atoms with E-state index in [1.807, 2.05) is 17.9 Å². The summed E-state index contributed by atoms with van der Waals surface area (Å²) in [5.41, 5.74) is 1.54. The Morgan fingerprint density at radius 3 is 2.42 bits per heavy atom. The molecule has 13 heteroatoms. The summed E-state index contributed by atoms with van der Waals surface area (Å²) < 4.78 is 35.7. The monoisotopic (exact) mass is 511 g/mol. The van der Waals surface area contributed by atoms with Crippen molar-refractivity contribution in [1.82, 2.24) is 34.8 Å². The van der Waals surface area contributed by atoms with Crippen molar-refractivity contribution >= 4 is 11.9 Å². The van der Waals surface area contributed by atoms with E-state index in [-0.39, 0.29) is 11.3 Å².